The second kappa shape index (κ2) is 7.28. The SMILES string of the molecule is CCN1CCN(c2ccnc(C(=O)NCc3ccco3)c2)CC1. The molecule has 0 aromatic carbocycles. The van der Waals surface area contributed by atoms with Gasteiger partial charge in [0.25, 0.3) is 5.91 Å². The van der Waals surface area contributed by atoms with Crippen molar-refractivity contribution in [1.29, 1.82) is 0 Å². The van der Waals surface area contributed by atoms with E-state index in [-0.39, 0.29) is 5.91 Å². The van der Waals surface area contributed by atoms with Crippen LogP contribution in [0.4, 0.5) is 5.69 Å². The third-order valence-corrected chi connectivity index (χ3v) is 4.16. The van der Waals surface area contributed by atoms with Gasteiger partial charge in [-0.2, -0.15) is 0 Å². The number of hydrogen-bond donors (Lipinski definition) is 1. The number of amides is 1. The fourth-order valence-electron chi connectivity index (χ4n) is 2.73. The lowest BCUT2D eigenvalue weighted by Gasteiger charge is -2.35. The second-order valence-corrected chi connectivity index (χ2v) is 5.58. The number of aromatic nitrogens is 1. The van der Waals surface area contributed by atoms with Crippen LogP contribution in [-0.2, 0) is 6.54 Å². The Morgan fingerprint density at radius 3 is 2.83 bits per heavy atom. The topological polar surface area (TPSA) is 61.6 Å². The van der Waals surface area contributed by atoms with Gasteiger partial charge in [-0.15, -0.1) is 0 Å². The van der Waals surface area contributed by atoms with Gasteiger partial charge in [-0.1, -0.05) is 6.92 Å². The van der Waals surface area contributed by atoms with E-state index in [0.29, 0.717) is 12.2 Å². The Kier molecular flexibility index (Phi) is 4.92. The first-order valence-electron chi connectivity index (χ1n) is 8.00. The van der Waals surface area contributed by atoms with Crippen molar-refractivity contribution in [2.45, 2.75) is 13.5 Å². The Labute approximate surface area is 136 Å². The predicted octanol–water partition coefficient (Wildman–Crippen LogP) is 1.75. The van der Waals surface area contributed by atoms with E-state index in [4.69, 9.17) is 4.42 Å². The number of carbonyl (C=O) groups is 1. The highest BCUT2D eigenvalue weighted by Crippen LogP contribution is 2.17. The maximum atomic E-state index is 12.2. The van der Waals surface area contributed by atoms with Gasteiger partial charge >= 0.3 is 0 Å². The van der Waals surface area contributed by atoms with Gasteiger partial charge in [-0.25, -0.2) is 0 Å². The molecule has 0 saturated carbocycles. The van der Waals surface area contributed by atoms with Crippen LogP contribution in [0.2, 0.25) is 0 Å². The maximum absolute atomic E-state index is 12.2. The van der Waals surface area contributed by atoms with Crippen LogP contribution in [-0.4, -0.2) is 48.5 Å². The molecule has 6 nitrogen and oxygen atoms in total. The number of nitrogens with one attached hydrogen (secondary N) is 1. The molecular formula is C17H22N4O2. The minimum atomic E-state index is -0.185. The molecular weight excluding hydrogens is 292 g/mol. The molecule has 0 aliphatic carbocycles. The van der Waals surface area contributed by atoms with Crippen molar-refractivity contribution in [3.63, 3.8) is 0 Å². The summed E-state index contributed by atoms with van der Waals surface area (Å²) in [7, 11) is 0. The van der Waals surface area contributed by atoms with E-state index in [9.17, 15) is 4.79 Å². The predicted molar refractivity (Wildman–Crippen MR) is 88.4 cm³/mol. The lowest BCUT2D eigenvalue weighted by molar-refractivity contribution is 0.0943. The molecule has 1 aliphatic heterocycles. The van der Waals surface area contributed by atoms with Crippen LogP contribution >= 0.6 is 0 Å². The molecule has 2 aromatic rings. The number of nitrogens with zero attached hydrogens (tertiary/aromatic N) is 3. The van der Waals surface area contributed by atoms with Gasteiger partial charge < -0.3 is 19.5 Å². The maximum Gasteiger partial charge on any atom is 0.270 e. The van der Waals surface area contributed by atoms with Crippen molar-refractivity contribution in [3.8, 4) is 0 Å². The minimum Gasteiger partial charge on any atom is -0.467 e. The molecule has 1 aliphatic rings. The number of furan rings is 1. The molecule has 3 heterocycles. The van der Waals surface area contributed by atoms with Gasteiger partial charge in [0, 0.05) is 38.1 Å². The molecule has 1 saturated heterocycles. The highest BCUT2D eigenvalue weighted by Gasteiger charge is 2.17. The number of likely N-dealkylation sites (N-methyl/N-ethyl adjacent to an activating group) is 1. The summed E-state index contributed by atoms with van der Waals surface area (Å²) >= 11 is 0. The summed E-state index contributed by atoms with van der Waals surface area (Å²) in [6.45, 7) is 7.70. The number of piperazine rings is 1. The number of pyridine rings is 1. The van der Waals surface area contributed by atoms with E-state index >= 15 is 0 Å². The Balaban J connectivity index is 1.61. The average molecular weight is 314 g/mol. The standard InChI is InChI=1S/C17H22N4O2/c1-2-20-7-9-21(10-8-20)14-5-6-18-16(12-14)17(22)19-13-15-4-3-11-23-15/h3-6,11-12H,2,7-10,13H2,1H3,(H,19,22). The monoisotopic (exact) mass is 314 g/mol. The number of hydrogen-bond acceptors (Lipinski definition) is 5. The summed E-state index contributed by atoms with van der Waals surface area (Å²) in [5.74, 6) is 0.542. The summed E-state index contributed by atoms with van der Waals surface area (Å²) in [4.78, 5) is 21.1. The molecule has 122 valence electrons. The van der Waals surface area contributed by atoms with Crippen LogP contribution in [0.3, 0.4) is 0 Å². The molecule has 23 heavy (non-hydrogen) atoms. The Hall–Kier alpha value is -2.34. The van der Waals surface area contributed by atoms with Crippen LogP contribution < -0.4 is 10.2 Å². The molecule has 1 amide bonds. The lowest BCUT2D eigenvalue weighted by atomic mass is 10.2. The van der Waals surface area contributed by atoms with Crippen molar-refractivity contribution < 1.29 is 9.21 Å². The minimum absolute atomic E-state index is 0.185. The zero-order chi connectivity index (χ0) is 16.1. The first kappa shape index (κ1) is 15.6. The van der Waals surface area contributed by atoms with E-state index in [1.807, 2.05) is 18.2 Å². The molecule has 6 heteroatoms. The largest absolute Gasteiger partial charge is 0.467 e. The zero-order valence-corrected chi connectivity index (χ0v) is 13.4. The van der Waals surface area contributed by atoms with Gasteiger partial charge in [-0.05, 0) is 30.8 Å². The van der Waals surface area contributed by atoms with Gasteiger partial charge in [0.2, 0.25) is 0 Å². The first-order chi connectivity index (χ1) is 11.3. The molecule has 1 N–H and O–H groups in total. The van der Waals surface area contributed by atoms with Crippen molar-refractivity contribution in [1.82, 2.24) is 15.2 Å². The zero-order valence-electron chi connectivity index (χ0n) is 13.4. The average Bonchev–Trinajstić information content (AvgIpc) is 3.13. The first-order valence-corrected chi connectivity index (χ1v) is 8.00. The van der Waals surface area contributed by atoms with Crippen molar-refractivity contribution in [3.05, 3.63) is 48.2 Å². The summed E-state index contributed by atoms with van der Waals surface area (Å²) in [6.07, 6.45) is 3.29. The molecule has 0 unspecified atom stereocenters. The molecule has 1 fully saturated rings. The highest BCUT2D eigenvalue weighted by molar-refractivity contribution is 5.93. The molecule has 3 rings (SSSR count). The fourth-order valence-corrected chi connectivity index (χ4v) is 2.73. The molecule has 0 atom stereocenters. The summed E-state index contributed by atoms with van der Waals surface area (Å²) in [5, 5.41) is 2.83. The van der Waals surface area contributed by atoms with Crippen LogP contribution in [0.15, 0.2) is 41.1 Å². The van der Waals surface area contributed by atoms with Crippen LogP contribution in [0.5, 0.6) is 0 Å². The Morgan fingerprint density at radius 1 is 1.30 bits per heavy atom. The molecule has 0 spiro atoms. The Bertz CT molecular complexity index is 634. The van der Waals surface area contributed by atoms with Crippen LogP contribution in [0, 0.1) is 0 Å². The Morgan fingerprint density at radius 2 is 2.13 bits per heavy atom. The van der Waals surface area contributed by atoms with E-state index in [1.54, 1.807) is 18.5 Å². The van der Waals surface area contributed by atoms with E-state index < -0.39 is 0 Å². The smallest absolute Gasteiger partial charge is 0.270 e. The van der Waals surface area contributed by atoms with E-state index in [1.165, 1.54) is 0 Å². The molecule has 2 aromatic heterocycles. The van der Waals surface area contributed by atoms with Gasteiger partial charge in [0.1, 0.15) is 11.5 Å². The number of rotatable bonds is 5. The summed E-state index contributed by atoms with van der Waals surface area (Å²) in [5.41, 5.74) is 1.49. The van der Waals surface area contributed by atoms with Crippen molar-refractivity contribution in [2.75, 3.05) is 37.6 Å². The quantitative estimate of drug-likeness (QED) is 0.911. The second-order valence-electron chi connectivity index (χ2n) is 5.58. The summed E-state index contributed by atoms with van der Waals surface area (Å²) < 4.78 is 5.21. The lowest BCUT2D eigenvalue weighted by Crippen LogP contribution is -2.46. The summed E-state index contributed by atoms with van der Waals surface area (Å²) in [6, 6.07) is 7.46. The van der Waals surface area contributed by atoms with Crippen LogP contribution in [0.25, 0.3) is 0 Å². The molecule has 0 bridgehead atoms. The van der Waals surface area contributed by atoms with E-state index in [2.05, 4.69) is 27.0 Å². The van der Waals surface area contributed by atoms with E-state index in [0.717, 1.165) is 44.2 Å². The van der Waals surface area contributed by atoms with Crippen LogP contribution in [0.1, 0.15) is 23.2 Å². The van der Waals surface area contributed by atoms with Gasteiger partial charge in [0.05, 0.1) is 12.8 Å². The number of carbonyl (C=O) groups excluding carboxylic acids is 1. The highest BCUT2D eigenvalue weighted by atomic mass is 16.3. The van der Waals surface area contributed by atoms with Gasteiger partial charge in [-0.3, -0.25) is 9.78 Å². The fraction of sp³-hybridized carbons (Fsp3) is 0.412. The van der Waals surface area contributed by atoms with Crippen molar-refractivity contribution >= 4 is 11.6 Å². The normalized spacial score (nSPS) is 15.6. The van der Waals surface area contributed by atoms with Gasteiger partial charge in [0.15, 0.2) is 0 Å². The third-order valence-electron chi connectivity index (χ3n) is 4.16. The third kappa shape index (κ3) is 3.90. The molecule has 0 radical (unpaired) electrons. The van der Waals surface area contributed by atoms with Crippen molar-refractivity contribution in [2.24, 2.45) is 0 Å². The number of anilines is 1.